The van der Waals surface area contributed by atoms with Crippen LogP contribution in [0.5, 0.6) is 0 Å². The van der Waals surface area contributed by atoms with Gasteiger partial charge in [0.25, 0.3) is 5.91 Å². The lowest BCUT2D eigenvalue weighted by molar-refractivity contribution is 0.0936. The predicted octanol–water partition coefficient (Wildman–Crippen LogP) is 1.98. The lowest BCUT2D eigenvalue weighted by Crippen LogP contribution is -2.46. The lowest BCUT2D eigenvalue weighted by Gasteiger charge is -2.11. The van der Waals surface area contributed by atoms with Crippen molar-refractivity contribution in [1.29, 1.82) is 0 Å². The Morgan fingerprint density at radius 2 is 1.57 bits per heavy atom. The molecule has 0 atom stereocenters. The van der Waals surface area contributed by atoms with E-state index in [-0.39, 0.29) is 5.91 Å². The van der Waals surface area contributed by atoms with Crippen molar-refractivity contribution < 1.29 is 14.3 Å². The number of hydrazine groups is 1. The Kier molecular flexibility index (Phi) is 6.14. The van der Waals surface area contributed by atoms with Gasteiger partial charge in [-0.1, -0.05) is 42.5 Å². The molecular weight excluding hydrogens is 294 g/mol. The second kappa shape index (κ2) is 8.55. The monoisotopic (exact) mass is 313 g/mol. The van der Waals surface area contributed by atoms with E-state index in [0.29, 0.717) is 18.7 Å². The number of nitrogens with one attached hydrogen (secondary N) is 3. The van der Waals surface area contributed by atoms with Crippen LogP contribution in [0.1, 0.15) is 21.5 Å². The van der Waals surface area contributed by atoms with Crippen LogP contribution in [0.2, 0.25) is 0 Å². The summed E-state index contributed by atoms with van der Waals surface area (Å²) < 4.78 is 5.12. The molecule has 0 bridgehead atoms. The third-order valence-corrected chi connectivity index (χ3v) is 3.18. The highest BCUT2D eigenvalue weighted by Crippen LogP contribution is 2.09. The first-order valence-electron chi connectivity index (χ1n) is 7.15. The molecule has 0 radical (unpaired) electrons. The zero-order chi connectivity index (χ0) is 16.5. The fourth-order valence-electron chi connectivity index (χ4n) is 2.02. The summed E-state index contributed by atoms with van der Waals surface area (Å²) in [7, 11) is 1.62. The standard InChI is InChI=1S/C17H19N3O3/c1-23-12-15-10-6-5-9-14(15)11-18-17(22)20-19-16(21)13-7-3-2-4-8-13/h2-10H,11-12H2,1H3,(H,19,21)(H2,18,20,22). The number of urea groups is 1. The van der Waals surface area contributed by atoms with Crippen molar-refractivity contribution >= 4 is 11.9 Å². The van der Waals surface area contributed by atoms with E-state index in [9.17, 15) is 9.59 Å². The van der Waals surface area contributed by atoms with Crippen LogP contribution in [0.3, 0.4) is 0 Å². The van der Waals surface area contributed by atoms with Gasteiger partial charge < -0.3 is 10.1 Å². The zero-order valence-corrected chi connectivity index (χ0v) is 12.8. The maximum absolute atomic E-state index is 11.8. The van der Waals surface area contributed by atoms with Crippen molar-refractivity contribution in [3.05, 3.63) is 71.3 Å². The van der Waals surface area contributed by atoms with E-state index in [1.165, 1.54) is 0 Å². The van der Waals surface area contributed by atoms with Crippen LogP contribution in [0.25, 0.3) is 0 Å². The first-order chi connectivity index (χ1) is 11.2. The number of carbonyl (C=O) groups excluding carboxylic acids is 2. The van der Waals surface area contributed by atoms with Crippen LogP contribution in [-0.4, -0.2) is 19.0 Å². The second-order valence-electron chi connectivity index (χ2n) is 4.83. The molecule has 2 aromatic carbocycles. The van der Waals surface area contributed by atoms with E-state index in [1.807, 2.05) is 30.3 Å². The molecule has 0 aromatic heterocycles. The summed E-state index contributed by atoms with van der Waals surface area (Å²) in [5.74, 6) is -0.375. The molecule has 3 amide bonds. The molecule has 0 aliphatic heterocycles. The average Bonchev–Trinajstić information content (AvgIpc) is 2.60. The minimum Gasteiger partial charge on any atom is -0.380 e. The fraction of sp³-hybridized carbons (Fsp3) is 0.176. The van der Waals surface area contributed by atoms with Gasteiger partial charge in [0.05, 0.1) is 6.61 Å². The van der Waals surface area contributed by atoms with Gasteiger partial charge in [-0.05, 0) is 23.3 Å². The molecule has 6 heteroatoms. The summed E-state index contributed by atoms with van der Waals surface area (Å²) in [6.45, 7) is 0.816. The van der Waals surface area contributed by atoms with Gasteiger partial charge in [0.2, 0.25) is 0 Å². The number of carbonyl (C=O) groups is 2. The summed E-state index contributed by atoms with van der Waals surface area (Å²) in [4.78, 5) is 23.5. The van der Waals surface area contributed by atoms with Gasteiger partial charge in [0.15, 0.2) is 0 Å². The van der Waals surface area contributed by atoms with Crippen LogP contribution in [-0.2, 0) is 17.9 Å². The van der Waals surface area contributed by atoms with Crippen LogP contribution in [0.4, 0.5) is 4.79 Å². The molecule has 6 nitrogen and oxygen atoms in total. The molecule has 0 heterocycles. The van der Waals surface area contributed by atoms with Crippen molar-refractivity contribution in [3.8, 4) is 0 Å². The van der Waals surface area contributed by atoms with Crippen molar-refractivity contribution in [2.24, 2.45) is 0 Å². The topological polar surface area (TPSA) is 79.5 Å². The quantitative estimate of drug-likeness (QED) is 0.739. The molecule has 0 saturated carbocycles. The fourth-order valence-corrected chi connectivity index (χ4v) is 2.02. The summed E-state index contributed by atoms with van der Waals surface area (Å²) in [5, 5.41) is 2.68. The molecule has 0 aliphatic rings. The normalized spacial score (nSPS) is 9.96. The number of ether oxygens (including phenoxy) is 1. The zero-order valence-electron chi connectivity index (χ0n) is 12.8. The van der Waals surface area contributed by atoms with Crippen LogP contribution >= 0.6 is 0 Å². The van der Waals surface area contributed by atoms with Gasteiger partial charge in [0, 0.05) is 19.2 Å². The van der Waals surface area contributed by atoms with Gasteiger partial charge in [0.1, 0.15) is 0 Å². The Morgan fingerprint density at radius 1 is 0.913 bits per heavy atom. The molecule has 2 rings (SSSR count). The van der Waals surface area contributed by atoms with Crippen molar-refractivity contribution in [2.45, 2.75) is 13.2 Å². The van der Waals surface area contributed by atoms with E-state index in [2.05, 4.69) is 16.2 Å². The molecule has 0 saturated heterocycles. The maximum atomic E-state index is 11.8. The minimum atomic E-state index is -0.485. The van der Waals surface area contributed by atoms with E-state index >= 15 is 0 Å². The molecule has 120 valence electrons. The molecule has 0 fully saturated rings. The number of hydrogen-bond acceptors (Lipinski definition) is 3. The number of methoxy groups -OCH3 is 1. The number of hydrogen-bond donors (Lipinski definition) is 3. The van der Waals surface area contributed by atoms with Crippen LogP contribution < -0.4 is 16.2 Å². The van der Waals surface area contributed by atoms with E-state index in [1.54, 1.807) is 31.4 Å². The van der Waals surface area contributed by atoms with Crippen molar-refractivity contribution in [1.82, 2.24) is 16.2 Å². The maximum Gasteiger partial charge on any atom is 0.333 e. The van der Waals surface area contributed by atoms with Gasteiger partial charge in [-0.25, -0.2) is 10.2 Å². The third kappa shape index (κ3) is 5.12. The van der Waals surface area contributed by atoms with E-state index < -0.39 is 6.03 Å². The molecule has 3 N–H and O–H groups in total. The highest BCUT2D eigenvalue weighted by molar-refractivity contribution is 5.95. The Labute approximate surface area is 134 Å². The van der Waals surface area contributed by atoms with Gasteiger partial charge in [-0.15, -0.1) is 0 Å². The van der Waals surface area contributed by atoms with Crippen LogP contribution in [0.15, 0.2) is 54.6 Å². The molecule has 0 spiro atoms. The highest BCUT2D eigenvalue weighted by atomic mass is 16.5. The van der Waals surface area contributed by atoms with Crippen LogP contribution in [0, 0.1) is 0 Å². The largest absolute Gasteiger partial charge is 0.380 e. The number of rotatable bonds is 5. The summed E-state index contributed by atoms with van der Waals surface area (Å²) in [6.07, 6.45) is 0. The summed E-state index contributed by atoms with van der Waals surface area (Å²) in [6, 6.07) is 15.8. The Balaban J connectivity index is 1.81. The molecular formula is C17H19N3O3. The molecule has 0 unspecified atom stereocenters. The Morgan fingerprint density at radius 3 is 2.26 bits per heavy atom. The highest BCUT2D eigenvalue weighted by Gasteiger charge is 2.07. The van der Waals surface area contributed by atoms with Gasteiger partial charge >= 0.3 is 6.03 Å². The smallest absolute Gasteiger partial charge is 0.333 e. The summed E-state index contributed by atoms with van der Waals surface area (Å²) >= 11 is 0. The molecule has 0 aliphatic carbocycles. The second-order valence-corrected chi connectivity index (χ2v) is 4.83. The third-order valence-electron chi connectivity index (χ3n) is 3.18. The van der Waals surface area contributed by atoms with Gasteiger partial charge in [-0.2, -0.15) is 0 Å². The summed E-state index contributed by atoms with van der Waals surface area (Å²) in [5.41, 5.74) is 7.10. The number of benzene rings is 2. The first kappa shape index (κ1) is 16.5. The Hall–Kier alpha value is -2.86. The lowest BCUT2D eigenvalue weighted by atomic mass is 10.1. The van der Waals surface area contributed by atoms with Crippen molar-refractivity contribution in [2.75, 3.05) is 7.11 Å². The predicted molar refractivity (Wildman–Crippen MR) is 86.4 cm³/mol. The van der Waals surface area contributed by atoms with Gasteiger partial charge in [-0.3, -0.25) is 10.2 Å². The van der Waals surface area contributed by atoms with E-state index in [0.717, 1.165) is 11.1 Å². The SMILES string of the molecule is COCc1ccccc1CNC(=O)NNC(=O)c1ccccc1. The van der Waals surface area contributed by atoms with E-state index in [4.69, 9.17) is 4.74 Å². The molecule has 23 heavy (non-hydrogen) atoms. The minimum absolute atomic E-state index is 0.340. The Bertz CT molecular complexity index is 659. The molecule has 2 aromatic rings. The average molecular weight is 313 g/mol. The number of amides is 3. The first-order valence-corrected chi connectivity index (χ1v) is 7.15. The van der Waals surface area contributed by atoms with Crippen molar-refractivity contribution in [3.63, 3.8) is 0 Å².